The molecule has 3 saturated heterocycles. The second kappa shape index (κ2) is 33.2. The number of carbonyl (C=O) groups excluding carboxylic acids is 9. The van der Waals surface area contributed by atoms with Crippen molar-refractivity contribution >= 4 is 99.7 Å². The van der Waals surface area contributed by atoms with Gasteiger partial charge in [-0.2, -0.15) is 0 Å². The number of carboxylic acid groups (broad SMARTS) is 1. The number of amides is 9. The maximum atomic E-state index is 15.3. The van der Waals surface area contributed by atoms with E-state index >= 15 is 4.79 Å². The number of hydrogen-bond donors (Lipinski definition) is 15. The number of nitrogens with zero attached hydrogens (tertiary/aromatic N) is 7. The molecule has 6 heterocycles. The topological polar surface area (TPSA) is 524 Å². The van der Waals surface area contributed by atoms with Crippen molar-refractivity contribution in [3.8, 4) is 0 Å². The van der Waals surface area contributed by atoms with E-state index in [0.717, 1.165) is 34.6 Å². The Morgan fingerprint density at radius 1 is 0.637 bits per heavy atom. The number of β-amino-alcohol motifs (C(OH)–C–C–N with tert-alkyl or cyclic N) is 1. The standard InChI is InChI=1S/C57H87N19O13S2/c58-34(10-3-16-65-55(59)60)46(80)70-35(11-4-17-66-56(61)62)50(84)73-19-6-14-40(73)52(86)75-28-32(78)23-41(75)48(82)68-26-45(79)69-37(24-33-9-7-20-90-33)47(81)72-38(29-77)51(85)74-27-31-15-21-91-44(31)25-43(74)53(87)76-39-13-2-1-8-30(39)22-42(76)49(83)71-36(54(88)89)12-5-18-67-57(63)64/h7,9,15,20-21,30,32,34-43,77-78H,1-6,8,10-14,16-19,22-29,58H2,(H,68,82)(H,69,79)(H,70,80)(H,71,83)(H,72,81)(H,88,89)(H4,59,60,65)(H4,61,62,66)(H4,63,64,67). The molecular formula is C57H87N19O13S2. The van der Waals surface area contributed by atoms with Gasteiger partial charge in [-0.05, 0) is 105 Å². The second-order valence-corrected chi connectivity index (χ2v) is 25.6. The first-order chi connectivity index (χ1) is 43.4. The molecule has 12 unspecified atom stereocenters. The molecule has 4 aliphatic heterocycles. The molecule has 0 radical (unpaired) electrons. The third-order valence-corrected chi connectivity index (χ3v) is 19.0. The van der Waals surface area contributed by atoms with Crippen molar-refractivity contribution in [2.24, 2.45) is 61.0 Å². The highest BCUT2D eigenvalue weighted by Crippen LogP contribution is 2.42. The third-order valence-electron chi connectivity index (χ3n) is 17.1. The van der Waals surface area contributed by atoms with Crippen LogP contribution in [0.1, 0.15) is 105 Å². The summed E-state index contributed by atoms with van der Waals surface area (Å²) in [6, 6.07) is -6.35. The summed E-state index contributed by atoms with van der Waals surface area (Å²) in [6.07, 6.45) is 3.51. The predicted octanol–water partition coefficient (Wildman–Crippen LogP) is -4.96. The average molecular weight is 1310 g/mol. The van der Waals surface area contributed by atoms with Crippen LogP contribution in [0.5, 0.6) is 0 Å². The Morgan fingerprint density at radius 2 is 1.29 bits per heavy atom. The van der Waals surface area contributed by atoms with Crippen molar-refractivity contribution < 1.29 is 63.3 Å². The molecule has 5 aliphatic rings. The van der Waals surface area contributed by atoms with Crippen LogP contribution in [0.2, 0.25) is 0 Å². The number of rotatable bonds is 30. The number of aliphatic hydroxyl groups is 2. The quantitative estimate of drug-likeness (QED) is 0.0198. The van der Waals surface area contributed by atoms with Crippen LogP contribution in [0.25, 0.3) is 0 Å². The largest absolute Gasteiger partial charge is 0.480 e. The number of likely N-dealkylation sites (tertiary alicyclic amines) is 3. The highest BCUT2D eigenvalue weighted by atomic mass is 32.1. The SMILES string of the molecule is NC(N)=NCCCC(N)C(=O)NC(CCCN=C(N)N)C(=O)N1CCCC1C(=O)N1CC(O)CC1C(=O)NCC(=O)NC(Cc1cccs1)C(=O)NC(CO)C(=O)N1Cc2ccsc2CC1C(=O)N1C(C(=O)NC(CCCN=C(N)N)C(=O)O)CC2CCCCC21. The predicted molar refractivity (Wildman–Crippen MR) is 335 cm³/mol. The number of carboxylic acids is 1. The van der Waals surface area contributed by atoms with Gasteiger partial charge in [0.05, 0.1) is 25.3 Å². The summed E-state index contributed by atoms with van der Waals surface area (Å²) in [5.74, 6) is -8.27. The van der Waals surface area contributed by atoms with Crippen molar-refractivity contribution in [2.45, 2.75) is 176 Å². The van der Waals surface area contributed by atoms with E-state index in [4.69, 9.17) is 40.1 Å². The number of hydrogen-bond acceptors (Lipinski definition) is 18. The van der Waals surface area contributed by atoms with Gasteiger partial charge in [0.2, 0.25) is 53.2 Å². The molecule has 2 aromatic rings. The Bertz CT molecular complexity index is 3010. The Labute approximate surface area is 533 Å². The summed E-state index contributed by atoms with van der Waals surface area (Å²) in [6.45, 7) is -1.41. The van der Waals surface area contributed by atoms with Crippen molar-refractivity contribution in [1.29, 1.82) is 0 Å². The van der Waals surface area contributed by atoms with E-state index in [0.29, 0.717) is 24.1 Å². The number of aliphatic carboxylic acids is 1. The Hall–Kier alpha value is -8.21. The molecule has 12 atom stereocenters. The number of guanidine groups is 3. The van der Waals surface area contributed by atoms with Crippen molar-refractivity contribution in [3.05, 3.63) is 44.3 Å². The summed E-state index contributed by atoms with van der Waals surface area (Å²) in [7, 11) is 0. The van der Waals surface area contributed by atoms with Crippen LogP contribution in [-0.4, -0.2) is 224 Å². The van der Waals surface area contributed by atoms with Crippen LogP contribution in [0.15, 0.2) is 43.9 Å². The molecule has 4 fully saturated rings. The van der Waals surface area contributed by atoms with Crippen molar-refractivity contribution in [2.75, 3.05) is 45.9 Å². The maximum absolute atomic E-state index is 15.3. The molecule has 500 valence electrons. The van der Waals surface area contributed by atoms with E-state index < -0.39 is 133 Å². The smallest absolute Gasteiger partial charge is 0.326 e. The lowest BCUT2D eigenvalue weighted by Crippen LogP contribution is -2.62. The van der Waals surface area contributed by atoms with E-state index in [-0.39, 0.29) is 133 Å². The lowest BCUT2D eigenvalue weighted by molar-refractivity contribution is -0.153. The van der Waals surface area contributed by atoms with Gasteiger partial charge >= 0.3 is 5.97 Å². The molecule has 0 bridgehead atoms. The van der Waals surface area contributed by atoms with Crippen LogP contribution in [0.3, 0.4) is 0 Å². The molecule has 1 aliphatic carbocycles. The van der Waals surface area contributed by atoms with Crippen LogP contribution in [0.4, 0.5) is 0 Å². The lowest BCUT2D eigenvalue weighted by Gasteiger charge is -2.42. The van der Waals surface area contributed by atoms with Gasteiger partial charge in [-0.15, -0.1) is 22.7 Å². The first kappa shape index (κ1) is 70.3. The minimum Gasteiger partial charge on any atom is -0.480 e. The monoisotopic (exact) mass is 1310 g/mol. The summed E-state index contributed by atoms with van der Waals surface area (Å²) >= 11 is 2.66. The number of fused-ring (bicyclic) bond motifs is 2. The number of nitrogens with one attached hydrogen (secondary N) is 5. The molecule has 2 aromatic heterocycles. The Balaban J connectivity index is 1.01. The maximum Gasteiger partial charge on any atom is 0.326 e. The molecule has 22 N–H and O–H groups in total. The van der Waals surface area contributed by atoms with Gasteiger partial charge in [-0.25, -0.2) is 4.79 Å². The summed E-state index contributed by atoms with van der Waals surface area (Å²) in [5.41, 5.74) is 39.6. The number of aliphatic hydroxyl groups excluding tert-OH is 2. The second-order valence-electron chi connectivity index (χ2n) is 23.5. The van der Waals surface area contributed by atoms with Crippen LogP contribution >= 0.6 is 22.7 Å². The van der Waals surface area contributed by atoms with Crippen LogP contribution in [0, 0.1) is 5.92 Å². The number of nitrogens with two attached hydrogens (primary N) is 7. The Morgan fingerprint density at radius 3 is 1.93 bits per heavy atom. The zero-order chi connectivity index (χ0) is 66.1. The van der Waals surface area contributed by atoms with Gasteiger partial charge in [0.1, 0.15) is 48.3 Å². The minimum atomic E-state index is -1.65. The van der Waals surface area contributed by atoms with Gasteiger partial charge < -0.3 is 102 Å². The molecule has 91 heavy (non-hydrogen) atoms. The molecular weight excluding hydrogens is 1220 g/mol. The normalized spacial score (nSPS) is 22.6. The van der Waals surface area contributed by atoms with E-state index in [1.54, 1.807) is 23.6 Å². The van der Waals surface area contributed by atoms with E-state index in [2.05, 4.69) is 41.6 Å². The molecule has 9 amide bonds. The van der Waals surface area contributed by atoms with Gasteiger partial charge in [0, 0.05) is 74.3 Å². The highest BCUT2D eigenvalue weighted by Gasteiger charge is 2.52. The van der Waals surface area contributed by atoms with E-state index in [1.807, 2.05) is 5.38 Å². The third kappa shape index (κ3) is 18.9. The first-order valence-corrected chi connectivity index (χ1v) is 32.4. The summed E-state index contributed by atoms with van der Waals surface area (Å²) < 4.78 is 0. The zero-order valence-electron chi connectivity index (χ0n) is 50.7. The van der Waals surface area contributed by atoms with Gasteiger partial charge in [-0.1, -0.05) is 18.9 Å². The van der Waals surface area contributed by atoms with Crippen LogP contribution < -0.4 is 66.7 Å². The van der Waals surface area contributed by atoms with Crippen LogP contribution in [-0.2, 0) is 67.3 Å². The van der Waals surface area contributed by atoms with Crippen molar-refractivity contribution in [1.82, 2.24) is 46.2 Å². The molecule has 0 spiro atoms. The minimum absolute atomic E-state index is 0.00433. The molecule has 7 rings (SSSR count). The summed E-state index contributed by atoms with van der Waals surface area (Å²) in [5, 5.41) is 48.5. The van der Waals surface area contributed by atoms with Crippen molar-refractivity contribution in [3.63, 3.8) is 0 Å². The molecule has 34 heteroatoms. The first-order valence-electron chi connectivity index (χ1n) is 30.7. The van der Waals surface area contributed by atoms with Gasteiger partial charge in [0.15, 0.2) is 17.9 Å². The number of thiophene rings is 2. The fourth-order valence-corrected chi connectivity index (χ4v) is 14.3. The highest BCUT2D eigenvalue weighted by molar-refractivity contribution is 7.10. The fraction of sp³-hybridized carbons (Fsp3) is 0.632. The molecule has 32 nitrogen and oxygen atoms in total. The fourth-order valence-electron chi connectivity index (χ4n) is 12.6. The van der Waals surface area contributed by atoms with Gasteiger partial charge in [0.25, 0.3) is 0 Å². The number of aliphatic imine (C=N–C) groups is 3. The Kier molecular flexibility index (Phi) is 25.6. The van der Waals surface area contributed by atoms with Gasteiger partial charge in [-0.3, -0.25) is 58.1 Å². The van der Waals surface area contributed by atoms with E-state index in [9.17, 15) is 58.5 Å². The lowest BCUT2D eigenvalue weighted by atomic mass is 9.84. The number of carbonyl (C=O) groups is 10. The summed E-state index contributed by atoms with van der Waals surface area (Å²) in [4.78, 5) is 160. The average Bonchev–Trinajstić information content (AvgIpc) is 1.74. The zero-order valence-corrected chi connectivity index (χ0v) is 52.3. The molecule has 0 aromatic carbocycles. The molecule has 1 saturated carbocycles. The van der Waals surface area contributed by atoms with E-state index in [1.165, 1.54) is 37.4 Å².